The number of amides is 2. The van der Waals surface area contributed by atoms with Gasteiger partial charge in [0.05, 0.1) is 6.54 Å². The van der Waals surface area contributed by atoms with Gasteiger partial charge in [-0.05, 0) is 63.3 Å². The second-order valence-electron chi connectivity index (χ2n) is 8.30. The number of anilines is 1. The highest BCUT2D eigenvalue weighted by Crippen LogP contribution is 2.23. The van der Waals surface area contributed by atoms with Gasteiger partial charge in [0.1, 0.15) is 17.4 Å². The van der Waals surface area contributed by atoms with E-state index in [0.717, 1.165) is 55.5 Å². The summed E-state index contributed by atoms with van der Waals surface area (Å²) in [5.41, 5.74) is 4.06. The molecule has 2 aliphatic heterocycles. The van der Waals surface area contributed by atoms with E-state index in [1.54, 1.807) is 11.0 Å². The van der Waals surface area contributed by atoms with E-state index in [0.29, 0.717) is 24.6 Å². The van der Waals surface area contributed by atoms with Gasteiger partial charge in [0, 0.05) is 30.7 Å². The summed E-state index contributed by atoms with van der Waals surface area (Å²) in [6.07, 6.45) is 4.38. The van der Waals surface area contributed by atoms with Gasteiger partial charge in [0.15, 0.2) is 0 Å². The average molecular weight is 437 g/mol. The fourth-order valence-electron chi connectivity index (χ4n) is 4.30. The number of hydrogen-bond donors (Lipinski definition) is 2. The predicted octanol–water partition coefficient (Wildman–Crippen LogP) is 2.94. The van der Waals surface area contributed by atoms with Crippen LogP contribution < -0.4 is 10.7 Å². The molecule has 1 unspecified atom stereocenters. The van der Waals surface area contributed by atoms with Crippen molar-refractivity contribution in [3.05, 3.63) is 41.6 Å². The monoisotopic (exact) mass is 436 g/mol. The van der Waals surface area contributed by atoms with E-state index in [2.05, 4.69) is 20.7 Å². The number of guanidine groups is 1. The standard InChI is InChI=1S/C23H28N6O3/c1-16-13-17-14-18(8-9-20(17)32-16)25-21(30)15-29-12-4-3-7-19(22(29)31)26-23(27-24-2)28-10-5-6-11-28/h8-9,13-14,19H,3-7,10-12,15H2,1H3,(H,25,30)(H,26,27). The number of likely N-dealkylation sites (tertiary alicyclic amines) is 2. The highest BCUT2D eigenvalue weighted by Gasteiger charge is 2.30. The highest BCUT2D eigenvalue weighted by atomic mass is 16.3. The summed E-state index contributed by atoms with van der Waals surface area (Å²) < 4.78 is 5.57. The van der Waals surface area contributed by atoms with Gasteiger partial charge in [0.2, 0.25) is 11.8 Å². The molecule has 2 saturated heterocycles. The normalized spacial score (nSPS) is 19.7. The molecule has 168 valence electrons. The largest absolute Gasteiger partial charge is 0.461 e. The lowest BCUT2D eigenvalue weighted by atomic mass is 10.1. The maximum absolute atomic E-state index is 13.2. The Labute approximate surface area is 187 Å². The summed E-state index contributed by atoms with van der Waals surface area (Å²) in [7, 11) is 0. The molecular weight excluding hydrogens is 408 g/mol. The Morgan fingerprint density at radius 2 is 2.00 bits per heavy atom. The van der Waals surface area contributed by atoms with Crippen LogP contribution in [0.25, 0.3) is 15.9 Å². The number of aliphatic imine (C=N–C) groups is 1. The molecule has 0 bridgehead atoms. The molecule has 2 aromatic rings. The third-order valence-corrected chi connectivity index (χ3v) is 5.85. The van der Waals surface area contributed by atoms with E-state index in [1.807, 2.05) is 30.0 Å². The fourth-order valence-corrected chi connectivity index (χ4v) is 4.30. The van der Waals surface area contributed by atoms with Crippen molar-refractivity contribution in [3.63, 3.8) is 0 Å². The first-order chi connectivity index (χ1) is 15.5. The van der Waals surface area contributed by atoms with Crippen LogP contribution in [0, 0.1) is 13.5 Å². The Kier molecular flexibility index (Phi) is 6.59. The molecule has 0 aliphatic carbocycles. The minimum absolute atomic E-state index is 0.0252. The van der Waals surface area contributed by atoms with Crippen LogP contribution in [0.4, 0.5) is 5.69 Å². The lowest BCUT2D eigenvalue weighted by Crippen LogP contribution is -2.44. The van der Waals surface area contributed by atoms with Gasteiger partial charge >= 0.3 is 0 Å². The van der Waals surface area contributed by atoms with Crippen LogP contribution in [0.1, 0.15) is 37.9 Å². The molecule has 1 aromatic heterocycles. The van der Waals surface area contributed by atoms with Gasteiger partial charge in [-0.15, -0.1) is 0 Å². The first-order valence-electron chi connectivity index (χ1n) is 11.1. The van der Waals surface area contributed by atoms with Crippen molar-refractivity contribution >= 4 is 34.4 Å². The zero-order chi connectivity index (χ0) is 22.5. The molecule has 9 nitrogen and oxygen atoms in total. The van der Waals surface area contributed by atoms with Crippen molar-refractivity contribution in [3.8, 4) is 0 Å². The minimum atomic E-state index is -0.583. The van der Waals surface area contributed by atoms with Crippen molar-refractivity contribution in [2.24, 2.45) is 4.99 Å². The number of rotatable bonds is 4. The van der Waals surface area contributed by atoms with Crippen LogP contribution >= 0.6 is 0 Å². The zero-order valence-electron chi connectivity index (χ0n) is 18.3. The third kappa shape index (κ3) is 5.02. The summed E-state index contributed by atoms with van der Waals surface area (Å²) in [6.45, 7) is 11.2. The van der Waals surface area contributed by atoms with Gasteiger partial charge in [-0.2, -0.15) is 11.5 Å². The highest BCUT2D eigenvalue weighted by molar-refractivity contribution is 5.97. The third-order valence-electron chi connectivity index (χ3n) is 5.85. The summed E-state index contributed by atoms with van der Waals surface area (Å²) in [6, 6.07) is 6.81. The maximum atomic E-state index is 13.2. The number of benzene rings is 1. The first kappa shape index (κ1) is 21.7. The molecule has 3 heterocycles. The molecule has 2 N–H and O–H groups in total. The molecule has 2 aliphatic rings. The SMILES string of the molecule is [C-]#[N+]NC(=NC1CCCCN(CC(=O)Nc2ccc3oc(C)cc3c2)C1=O)N1CCCC1. The number of aryl methyl sites for hydroxylation is 1. The molecule has 0 radical (unpaired) electrons. The van der Waals surface area contributed by atoms with Crippen molar-refractivity contribution < 1.29 is 14.0 Å². The smallest absolute Gasteiger partial charge is 0.265 e. The number of nitrogens with one attached hydrogen (secondary N) is 2. The first-order valence-corrected chi connectivity index (χ1v) is 11.1. The topological polar surface area (TPSA) is 94.5 Å². The molecular formula is C23H28N6O3. The van der Waals surface area contributed by atoms with Gasteiger partial charge in [-0.3, -0.25) is 9.59 Å². The molecule has 1 aromatic carbocycles. The molecule has 9 heteroatoms. The Morgan fingerprint density at radius 1 is 1.22 bits per heavy atom. The van der Waals surface area contributed by atoms with Gasteiger partial charge < -0.3 is 19.5 Å². The van der Waals surface area contributed by atoms with Crippen molar-refractivity contribution in [2.75, 3.05) is 31.5 Å². The lowest BCUT2D eigenvalue weighted by molar-refractivity contribution is -0.135. The number of hydrogen-bond acceptors (Lipinski definition) is 4. The van der Waals surface area contributed by atoms with Gasteiger partial charge in [-0.1, -0.05) is 5.43 Å². The van der Waals surface area contributed by atoms with Crippen LogP contribution in [-0.4, -0.2) is 59.8 Å². The van der Waals surface area contributed by atoms with Crippen LogP contribution in [0.3, 0.4) is 0 Å². The minimum Gasteiger partial charge on any atom is -0.461 e. The lowest BCUT2D eigenvalue weighted by Gasteiger charge is -2.23. The Hall–Kier alpha value is -3.54. The molecule has 2 fully saturated rings. The van der Waals surface area contributed by atoms with Gasteiger partial charge in [-0.25, -0.2) is 4.99 Å². The molecule has 0 saturated carbocycles. The second-order valence-corrected chi connectivity index (χ2v) is 8.30. The predicted molar refractivity (Wildman–Crippen MR) is 122 cm³/mol. The van der Waals surface area contributed by atoms with Crippen molar-refractivity contribution in [1.82, 2.24) is 15.2 Å². The zero-order valence-corrected chi connectivity index (χ0v) is 18.3. The van der Waals surface area contributed by atoms with E-state index < -0.39 is 6.04 Å². The molecule has 4 rings (SSSR count). The van der Waals surface area contributed by atoms with Gasteiger partial charge in [0.25, 0.3) is 5.96 Å². The van der Waals surface area contributed by atoms with Crippen LogP contribution in [0.5, 0.6) is 0 Å². The number of furan rings is 1. The van der Waals surface area contributed by atoms with Crippen molar-refractivity contribution in [2.45, 2.75) is 45.1 Å². The van der Waals surface area contributed by atoms with Crippen LogP contribution in [-0.2, 0) is 9.59 Å². The average Bonchev–Trinajstić information content (AvgIpc) is 3.39. The Bertz CT molecular complexity index is 1060. The van der Waals surface area contributed by atoms with E-state index >= 15 is 0 Å². The van der Waals surface area contributed by atoms with Crippen molar-refractivity contribution in [1.29, 1.82) is 0 Å². The number of carbonyl (C=O) groups excluding carboxylic acids is 2. The molecule has 2 amide bonds. The summed E-state index contributed by atoms with van der Waals surface area (Å²) >= 11 is 0. The Morgan fingerprint density at radius 3 is 2.78 bits per heavy atom. The van der Waals surface area contributed by atoms with E-state index in [-0.39, 0.29) is 18.4 Å². The maximum Gasteiger partial charge on any atom is 0.265 e. The quantitative estimate of drug-likeness (QED) is 0.333. The summed E-state index contributed by atoms with van der Waals surface area (Å²) in [5.74, 6) is 0.862. The van der Waals surface area contributed by atoms with E-state index in [4.69, 9.17) is 11.0 Å². The molecule has 0 spiro atoms. The Balaban J connectivity index is 1.43. The van der Waals surface area contributed by atoms with E-state index in [9.17, 15) is 9.59 Å². The number of fused-ring (bicyclic) bond motifs is 1. The fraction of sp³-hybridized carbons (Fsp3) is 0.478. The molecule has 32 heavy (non-hydrogen) atoms. The summed E-state index contributed by atoms with van der Waals surface area (Å²) in [4.78, 5) is 37.3. The number of carbonyl (C=O) groups is 2. The van der Waals surface area contributed by atoms with Crippen LogP contribution in [0.2, 0.25) is 0 Å². The number of nitrogens with zero attached hydrogens (tertiary/aromatic N) is 4. The summed E-state index contributed by atoms with van der Waals surface area (Å²) in [5, 5.41) is 3.80. The second kappa shape index (κ2) is 9.73. The molecule has 1 atom stereocenters. The van der Waals surface area contributed by atoms with E-state index in [1.165, 1.54) is 0 Å². The van der Waals surface area contributed by atoms with Crippen LogP contribution in [0.15, 0.2) is 33.7 Å².